The number of hydrogen-bond acceptors (Lipinski definition) is 6. The van der Waals surface area contributed by atoms with E-state index in [0.29, 0.717) is 45.3 Å². The fourth-order valence-electron chi connectivity index (χ4n) is 4.44. The Kier molecular flexibility index (Phi) is 6.04. The molecule has 1 aromatic carbocycles. The second kappa shape index (κ2) is 9.00. The average molecular weight is 491 g/mol. The first-order valence-corrected chi connectivity index (χ1v) is 12.6. The van der Waals surface area contributed by atoms with Crippen LogP contribution in [-0.4, -0.2) is 37.6 Å². The van der Waals surface area contributed by atoms with Crippen molar-refractivity contribution < 1.29 is 4.79 Å². The van der Waals surface area contributed by atoms with E-state index in [9.17, 15) is 9.59 Å². The molecule has 1 saturated heterocycles. The maximum absolute atomic E-state index is 13.7. The molecule has 8 heteroatoms. The van der Waals surface area contributed by atoms with E-state index in [1.807, 2.05) is 25.1 Å². The van der Waals surface area contributed by atoms with Gasteiger partial charge in [-0.05, 0) is 48.1 Å². The van der Waals surface area contributed by atoms with Crippen LogP contribution in [0.15, 0.2) is 52.3 Å². The van der Waals surface area contributed by atoms with Crippen LogP contribution in [-0.2, 0) is 17.8 Å². The zero-order valence-corrected chi connectivity index (χ0v) is 21.1. The van der Waals surface area contributed by atoms with E-state index >= 15 is 0 Å². The highest BCUT2D eigenvalue weighted by molar-refractivity contribution is 8.26. The lowest BCUT2D eigenvalue weighted by Crippen LogP contribution is -2.34. The molecule has 0 aliphatic carbocycles. The van der Waals surface area contributed by atoms with Gasteiger partial charge in [-0.15, -0.1) is 0 Å². The normalized spacial score (nSPS) is 17.4. The number of carbonyl (C=O) groups is 1. The van der Waals surface area contributed by atoms with Crippen LogP contribution in [0.5, 0.6) is 0 Å². The lowest BCUT2D eigenvalue weighted by atomic mass is 9.99. The molecule has 34 heavy (non-hydrogen) atoms. The van der Waals surface area contributed by atoms with Gasteiger partial charge in [0.15, 0.2) is 0 Å². The van der Waals surface area contributed by atoms with Gasteiger partial charge in [0, 0.05) is 25.8 Å². The maximum atomic E-state index is 13.7. The molecule has 6 nitrogen and oxygen atoms in total. The number of hydrogen-bond donors (Lipinski definition) is 0. The van der Waals surface area contributed by atoms with E-state index in [2.05, 4.69) is 36.9 Å². The summed E-state index contributed by atoms with van der Waals surface area (Å²) < 4.78 is 2.10. The van der Waals surface area contributed by atoms with Gasteiger partial charge >= 0.3 is 0 Å². The highest BCUT2D eigenvalue weighted by atomic mass is 32.2. The van der Waals surface area contributed by atoms with Crippen LogP contribution in [0.25, 0.3) is 11.7 Å². The van der Waals surface area contributed by atoms with E-state index < -0.39 is 0 Å². The van der Waals surface area contributed by atoms with Gasteiger partial charge in [0.1, 0.15) is 15.8 Å². The SMILES string of the molecule is Cc1ccc2nc(N3CCc4ccccc4C3)c(C=C3SC(=S)N(CC(C)C)C3=O)c(=O)n2c1. The van der Waals surface area contributed by atoms with Gasteiger partial charge in [-0.25, -0.2) is 4.98 Å². The van der Waals surface area contributed by atoms with E-state index in [4.69, 9.17) is 17.2 Å². The number of aryl methyl sites for hydroxylation is 1. The fraction of sp³-hybridized carbons (Fsp3) is 0.308. The zero-order valence-electron chi connectivity index (χ0n) is 19.4. The number of aromatic nitrogens is 2. The number of rotatable bonds is 4. The Hall–Kier alpha value is -2.97. The Morgan fingerprint density at radius 1 is 1.15 bits per heavy atom. The number of carbonyl (C=O) groups excluding carboxylic acids is 1. The average Bonchev–Trinajstić information content (AvgIpc) is 3.07. The summed E-state index contributed by atoms with van der Waals surface area (Å²) in [5, 5.41) is 0. The fourth-order valence-corrected chi connectivity index (χ4v) is 5.70. The number of amides is 1. The quantitative estimate of drug-likeness (QED) is 0.399. The van der Waals surface area contributed by atoms with Crippen LogP contribution < -0.4 is 10.5 Å². The Morgan fingerprint density at radius 2 is 1.91 bits per heavy atom. The first kappa shape index (κ1) is 22.8. The molecule has 174 valence electrons. The topological polar surface area (TPSA) is 57.9 Å². The largest absolute Gasteiger partial charge is 0.351 e. The molecule has 0 saturated carbocycles. The second-order valence-electron chi connectivity index (χ2n) is 9.22. The molecular formula is C26H26N4O2S2. The third-order valence-electron chi connectivity index (χ3n) is 6.11. The molecule has 0 N–H and O–H groups in total. The Morgan fingerprint density at radius 3 is 2.68 bits per heavy atom. The number of benzene rings is 1. The van der Waals surface area contributed by atoms with Crippen molar-refractivity contribution in [2.75, 3.05) is 18.0 Å². The lowest BCUT2D eigenvalue weighted by molar-refractivity contribution is -0.122. The molecule has 4 heterocycles. The molecule has 2 aliphatic rings. The van der Waals surface area contributed by atoms with E-state index in [-0.39, 0.29) is 11.5 Å². The van der Waals surface area contributed by atoms with Gasteiger partial charge in [0.25, 0.3) is 11.5 Å². The van der Waals surface area contributed by atoms with Crippen molar-refractivity contribution in [1.29, 1.82) is 0 Å². The summed E-state index contributed by atoms with van der Waals surface area (Å²) in [6.07, 6.45) is 4.36. The molecular weight excluding hydrogens is 464 g/mol. The summed E-state index contributed by atoms with van der Waals surface area (Å²) in [7, 11) is 0. The number of nitrogens with zero attached hydrogens (tertiary/aromatic N) is 4. The van der Waals surface area contributed by atoms with Gasteiger partial charge in [-0.3, -0.25) is 18.9 Å². The summed E-state index contributed by atoms with van der Waals surface area (Å²) in [5.41, 5.74) is 4.35. The van der Waals surface area contributed by atoms with Gasteiger partial charge in [-0.2, -0.15) is 0 Å². The summed E-state index contributed by atoms with van der Waals surface area (Å²) in [4.78, 5) is 36.0. The summed E-state index contributed by atoms with van der Waals surface area (Å²) in [6.45, 7) is 8.03. The Balaban J connectivity index is 1.64. The predicted octanol–water partition coefficient (Wildman–Crippen LogP) is 4.42. The van der Waals surface area contributed by atoms with Gasteiger partial charge in [-0.1, -0.05) is 68.2 Å². The maximum Gasteiger partial charge on any atom is 0.267 e. The predicted molar refractivity (Wildman–Crippen MR) is 142 cm³/mol. The van der Waals surface area contributed by atoms with Gasteiger partial charge < -0.3 is 4.90 Å². The first-order chi connectivity index (χ1) is 16.3. The minimum atomic E-state index is -0.184. The summed E-state index contributed by atoms with van der Waals surface area (Å²) in [6, 6.07) is 12.2. The molecule has 0 unspecified atom stereocenters. The number of fused-ring (bicyclic) bond motifs is 2. The molecule has 1 amide bonds. The molecule has 5 rings (SSSR count). The molecule has 3 aromatic rings. The second-order valence-corrected chi connectivity index (χ2v) is 10.9. The third-order valence-corrected chi connectivity index (χ3v) is 7.49. The van der Waals surface area contributed by atoms with Gasteiger partial charge in [0.05, 0.1) is 10.5 Å². The van der Waals surface area contributed by atoms with Crippen molar-refractivity contribution in [2.24, 2.45) is 5.92 Å². The third kappa shape index (κ3) is 4.16. The molecule has 2 aromatic heterocycles. The molecule has 0 atom stereocenters. The van der Waals surface area contributed by atoms with Gasteiger partial charge in [0.2, 0.25) is 0 Å². The number of anilines is 1. The minimum absolute atomic E-state index is 0.146. The monoisotopic (exact) mass is 490 g/mol. The first-order valence-electron chi connectivity index (χ1n) is 11.4. The number of thioether (sulfide) groups is 1. The molecule has 0 spiro atoms. The lowest BCUT2D eigenvalue weighted by Gasteiger charge is -2.30. The van der Waals surface area contributed by atoms with E-state index in [1.54, 1.807) is 21.6 Å². The van der Waals surface area contributed by atoms with Crippen LogP contribution >= 0.6 is 24.0 Å². The molecule has 2 aliphatic heterocycles. The Labute approximate surface area is 208 Å². The Bertz CT molecular complexity index is 1410. The van der Waals surface area contributed by atoms with Crippen molar-refractivity contribution in [3.05, 3.63) is 80.1 Å². The van der Waals surface area contributed by atoms with Crippen LogP contribution in [0.1, 0.15) is 36.1 Å². The van der Waals surface area contributed by atoms with Crippen LogP contribution in [0.2, 0.25) is 0 Å². The zero-order chi connectivity index (χ0) is 24.0. The molecule has 1 fully saturated rings. The van der Waals surface area contributed by atoms with Crippen LogP contribution in [0, 0.1) is 12.8 Å². The standard InChI is InChI=1S/C26H26N4O2S2/c1-16(2)13-30-25(32)21(34-26(30)33)12-20-23(27-22-9-8-17(3)14-29(22)24(20)31)28-11-10-18-6-4-5-7-19(18)15-28/h4-9,12,14,16H,10-11,13,15H2,1-3H3. The summed E-state index contributed by atoms with van der Waals surface area (Å²) >= 11 is 6.73. The minimum Gasteiger partial charge on any atom is -0.351 e. The smallest absolute Gasteiger partial charge is 0.267 e. The van der Waals surface area contributed by atoms with Crippen LogP contribution in [0.3, 0.4) is 0 Å². The molecule has 0 bridgehead atoms. The van der Waals surface area contributed by atoms with Crippen molar-refractivity contribution in [1.82, 2.24) is 14.3 Å². The van der Waals surface area contributed by atoms with Crippen molar-refractivity contribution in [3.63, 3.8) is 0 Å². The van der Waals surface area contributed by atoms with Crippen molar-refractivity contribution in [2.45, 2.75) is 33.7 Å². The van der Waals surface area contributed by atoms with Crippen molar-refractivity contribution in [3.8, 4) is 0 Å². The number of pyridine rings is 1. The highest BCUT2D eigenvalue weighted by Gasteiger charge is 2.33. The van der Waals surface area contributed by atoms with Crippen molar-refractivity contribution >= 4 is 51.7 Å². The van der Waals surface area contributed by atoms with Crippen LogP contribution in [0.4, 0.5) is 5.82 Å². The van der Waals surface area contributed by atoms with E-state index in [0.717, 1.165) is 18.5 Å². The van der Waals surface area contributed by atoms with E-state index in [1.165, 1.54) is 22.9 Å². The highest BCUT2D eigenvalue weighted by Crippen LogP contribution is 2.34. The molecule has 0 radical (unpaired) electrons. The summed E-state index contributed by atoms with van der Waals surface area (Å²) in [5.74, 6) is 0.756. The number of thiocarbonyl (C=S) groups is 1.